The van der Waals surface area contributed by atoms with Crippen molar-refractivity contribution in [2.45, 2.75) is 18.6 Å². The van der Waals surface area contributed by atoms with Crippen LogP contribution in [0.1, 0.15) is 29.0 Å². The fraction of sp³-hybridized carbons (Fsp3) is 0.130. The molecule has 0 amide bonds. The summed E-state index contributed by atoms with van der Waals surface area (Å²) in [7, 11) is 0. The number of thiocarbonyl (C=S) groups is 1. The highest BCUT2D eigenvalue weighted by Crippen LogP contribution is 2.40. The van der Waals surface area contributed by atoms with E-state index in [1.807, 2.05) is 85.6 Å². The Kier molecular flexibility index (Phi) is 4.94. The number of aromatic nitrogens is 4. The van der Waals surface area contributed by atoms with Gasteiger partial charge in [-0.1, -0.05) is 12.1 Å². The monoisotopic (exact) mass is 412 g/mol. The molecule has 5 rings (SSSR count). The zero-order valence-electron chi connectivity index (χ0n) is 16.2. The van der Waals surface area contributed by atoms with Crippen molar-refractivity contribution < 1.29 is 0 Å². The van der Waals surface area contributed by atoms with Crippen molar-refractivity contribution in [3.63, 3.8) is 0 Å². The average molecular weight is 413 g/mol. The summed E-state index contributed by atoms with van der Waals surface area (Å²) < 4.78 is 2.12. The summed E-state index contributed by atoms with van der Waals surface area (Å²) in [5, 5.41) is 4.21. The van der Waals surface area contributed by atoms with Gasteiger partial charge >= 0.3 is 0 Å². The molecule has 0 radical (unpaired) electrons. The van der Waals surface area contributed by atoms with Crippen LogP contribution in [-0.2, 0) is 6.54 Å². The third-order valence-corrected chi connectivity index (χ3v) is 5.63. The van der Waals surface area contributed by atoms with Crippen molar-refractivity contribution in [1.29, 1.82) is 0 Å². The van der Waals surface area contributed by atoms with Gasteiger partial charge < -0.3 is 14.8 Å². The Morgan fingerprint density at radius 2 is 1.67 bits per heavy atom. The quantitative estimate of drug-likeness (QED) is 0.503. The first-order valence-corrected chi connectivity index (χ1v) is 10.2. The third kappa shape index (κ3) is 3.44. The molecule has 30 heavy (non-hydrogen) atoms. The van der Waals surface area contributed by atoms with Crippen LogP contribution in [0, 0.1) is 0 Å². The highest BCUT2D eigenvalue weighted by atomic mass is 32.1. The minimum Gasteiger partial charge on any atom is -0.352 e. The van der Waals surface area contributed by atoms with Crippen molar-refractivity contribution in [3.8, 4) is 5.82 Å². The first kappa shape index (κ1) is 18.4. The number of nitrogens with one attached hydrogen (secondary N) is 1. The highest BCUT2D eigenvalue weighted by molar-refractivity contribution is 7.80. The van der Waals surface area contributed by atoms with Gasteiger partial charge in [0.25, 0.3) is 0 Å². The molecular weight excluding hydrogens is 392 g/mol. The van der Waals surface area contributed by atoms with Gasteiger partial charge in [-0.3, -0.25) is 9.97 Å². The van der Waals surface area contributed by atoms with Crippen LogP contribution in [0.5, 0.6) is 0 Å². The summed E-state index contributed by atoms with van der Waals surface area (Å²) in [5.74, 6) is 0.874. The molecule has 0 aromatic carbocycles. The van der Waals surface area contributed by atoms with Gasteiger partial charge in [-0.25, -0.2) is 4.98 Å². The second-order valence-electron chi connectivity index (χ2n) is 7.10. The summed E-state index contributed by atoms with van der Waals surface area (Å²) >= 11 is 5.77. The van der Waals surface area contributed by atoms with Gasteiger partial charge in [0.1, 0.15) is 5.82 Å². The zero-order chi connectivity index (χ0) is 20.3. The summed E-state index contributed by atoms with van der Waals surface area (Å²) in [5.41, 5.74) is 3.21. The predicted molar refractivity (Wildman–Crippen MR) is 119 cm³/mol. The molecule has 6 nitrogen and oxygen atoms in total. The maximum atomic E-state index is 5.77. The Balaban J connectivity index is 1.60. The van der Waals surface area contributed by atoms with Crippen molar-refractivity contribution in [2.75, 3.05) is 0 Å². The Bertz CT molecular complexity index is 1130. The van der Waals surface area contributed by atoms with Crippen LogP contribution < -0.4 is 5.32 Å². The van der Waals surface area contributed by atoms with E-state index < -0.39 is 0 Å². The molecule has 7 heteroatoms. The largest absolute Gasteiger partial charge is 0.352 e. The van der Waals surface area contributed by atoms with E-state index in [1.165, 1.54) is 0 Å². The average Bonchev–Trinajstić information content (AvgIpc) is 3.40. The normalized spacial score (nSPS) is 18.4. The standard InChI is InChI=1S/C23H20N6S/c30-23-27-21(18-6-1-3-11-25-18)22(29(23)16-17-9-13-24-14-10-17)19-7-5-15-28(19)20-8-2-4-12-26-20/h1-15,21-22H,16H2,(H,27,30). The molecule has 2 atom stereocenters. The second-order valence-corrected chi connectivity index (χ2v) is 7.49. The Hall–Kier alpha value is -3.58. The van der Waals surface area contributed by atoms with E-state index in [0.717, 1.165) is 22.8 Å². The lowest BCUT2D eigenvalue weighted by Gasteiger charge is -2.28. The van der Waals surface area contributed by atoms with Crippen LogP contribution in [0.25, 0.3) is 5.82 Å². The molecule has 1 N–H and O–H groups in total. The lowest BCUT2D eigenvalue weighted by Crippen LogP contribution is -2.30. The molecule has 5 heterocycles. The molecule has 148 valence electrons. The number of rotatable bonds is 5. The van der Waals surface area contributed by atoms with Crippen LogP contribution >= 0.6 is 12.2 Å². The van der Waals surface area contributed by atoms with Crippen LogP contribution in [0.3, 0.4) is 0 Å². The van der Waals surface area contributed by atoms with Gasteiger partial charge in [-0.2, -0.15) is 0 Å². The Morgan fingerprint density at radius 1 is 0.867 bits per heavy atom. The van der Waals surface area contributed by atoms with E-state index >= 15 is 0 Å². The molecule has 2 unspecified atom stereocenters. The van der Waals surface area contributed by atoms with Crippen LogP contribution in [0.2, 0.25) is 0 Å². The van der Waals surface area contributed by atoms with E-state index in [-0.39, 0.29) is 12.1 Å². The number of hydrogen-bond acceptors (Lipinski definition) is 4. The maximum absolute atomic E-state index is 5.77. The first-order valence-electron chi connectivity index (χ1n) is 9.77. The molecule has 0 aliphatic carbocycles. The SMILES string of the molecule is S=C1NC(c2ccccn2)C(c2cccn2-c2ccccn2)N1Cc1ccncc1. The van der Waals surface area contributed by atoms with Gasteiger partial charge in [-0.15, -0.1) is 0 Å². The summed E-state index contributed by atoms with van der Waals surface area (Å²) in [6.45, 7) is 0.676. The van der Waals surface area contributed by atoms with Crippen molar-refractivity contribution in [3.05, 3.63) is 109 Å². The molecule has 1 aliphatic rings. The van der Waals surface area contributed by atoms with Gasteiger partial charge in [0.15, 0.2) is 5.11 Å². The topological polar surface area (TPSA) is 58.9 Å². The van der Waals surface area contributed by atoms with Crippen molar-refractivity contribution in [2.24, 2.45) is 0 Å². The van der Waals surface area contributed by atoms with E-state index in [4.69, 9.17) is 12.2 Å². The van der Waals surface area contributed by atoms with E-state index in [1.54, 1.807) is 0 Å². The second kappa shape index (κ2) is 8.04. The lowest BCUT2D eigenvalue weighted by molar-refractivity contribution is 0.302. The van der Waals surface area contributed by atoms with E-state index in [0.29, 0.717) is 11.7 Å². The predicted octanol–water partition coefficient (Wildman–Crippen LogP) is 3.84. The van der Waals surface area contributed by atoms with E-state index in [2.05, 4.69) is 35.8 Å². The first-order chi connectivity index (χ1) is 14.8. The molecule has 4 aromatic rings. The molecule has 0 saturated carbocycles. The Labute approximate surface area is 180 Å². The highest BCUT2D eigenvalue weighted by Gasteiger charge is 2.41. The zero-order valence-corrected chi connectivity index (χ0v) is 17.0. The maximum Gasteiger partial charge on any atom is 0.170 e. The summed E-state index contributed by atoms with van der Waals surface area (Å²) in [4.78, 5) is 15.5. The lowest BCUT2D eigenvalue weighted by atomic mass is 10.0. The summed E-state index contributed by atoms with van der Waals surface area (Å²) in [6.07, 6.45) is 9.29. The van der Waals surface area contributed by atoms with Crippen LogP contribution in [0.15, 0.2) is 91.6 Å². The van der Waals surface area contributed by atoms with Gasteiger partial charge in [0, 0.05) is 43.2 Å². The number of hydrogen-bond donors (Lipinski definition) is 1. The van der Waals surface area contributed by atoms with Gasteiger partial charge in [0.2, 0.25) is 0 Å². The van der Waals surface area contributed by atoms with Crippen LogP contribution in [-0.4, -0.2) is 29.5 Å². The molecule has 1 fully saturated rings. The molecule has 0 spiro atoms. The molecule has 0 bridgehead atoms. The van der Waals surface area contributed by atoms with Crippen molar-refractivity contribution >= 4 is 17.3 Å². The van der Waals surface area contributed by atoms with Crippen LogP contribution in [0.4, 0.5) is 0 Å². The molecule has 4 aromatic heterocycles. The minimum atomic E-state index is -0.0714. The molecule has 1 saturated heterocycles. The molecular formula is C23H20N6S. The number of pyridine rings is 3. The number of nitrogens with zero attached hydrogens (tertiary/aromatic N) is 5. The van der Waals surface area contributed by atoms with Gasteiger partial charge in [-0.05, 0) is 66.3 Å². The van der Waals surface area contributed by atoms with Crippen molar-refractivity contribution in [1.82, 2.24) is 29.7 Å². The Morgan fingerprint density at radius 3 is 2.40 bits per heavy atom. The smallest absolute Gasteiger partial charge is 0.170 e. The third-order valence-electron chi connectivity index (χ3n) is 5.28. The minimum absolute atomic E-state index is 0.0439. The summed E-state index contributed by atoms with van der Waals surface area (Å²) in [6, 6.07) is 20.0. The van der Waals surface area contributed by atoms with E-state index in [9.17, 15) is 0 Å². The fourth-order valence-electron chi connectivity index (χ4n) is 3.92. The van der Waals surface area contributed by atoms with Gasteiger partial charge in [0.05, 0.1) is 17.8 Å². The molecule has 1 aliphatic heterocycles. The fourth-order valence-corrected chi connectivity index (χ4v) is 4.23.